The van der Waals surface area contributed by atoms with Crippen molar-refractivity contribution in [3.63, 3.8) is 0 Å². The molecule has 6 nitrogen and oxygen atoms in total. The van der Waals surface area contributed by atoms with Crippen molar-refractivity contribution in [1.29, 1.82) is 0 Å². The molecule has 0 unspecified atom stereocenters. The zero-order valence-electron chi connectivity index (χ0n) is 17.0. The van der Waals surface area contributed by atoms with Crippen molar-refractivity contribution in [3.05, 3.63) is 53.6 Å². The summed E-state index contributed by atoms with van der Waals surface area (Å²) in [4.78, 5) is 4.27. The highest BCUT2D eigenvalue weighted by Gasteiger charge is 2.06. The first-order valence-electron chi connectivity index (χ1n) is 9.07. The third kappa shape index (κ3) is 7.46. The van der Waals surface area contributed by atoms with E-state index in [2.05, 4.69) is 27.8 Å². The number of benzene rings is 2. The van der Waals surface area contributed by atoms with Gasteiger partial charge in [0, 0.05) is 20.1 Å². The van der Waals surface area contributed by atoms with Gasteiger partial charge in [-0.3, -0.25) is 4.99 Å². The fourth-order valence-electron chi connectivity index (χ4n) is 2.62. The number of rotatable bonds is 9. The third-order valence-electron chi connectivity index (χ3n) is 4.08. The average molecular weight is 499 g/mol. The second kappa shape index (κ2) is 13.1. The SMILES string of the molecule is CCOc1ccc(CNC(=NC)NCCc2ccc(OC)cc2)cc1OC.I. The van der Waals surface area contributed by atoms with Gasteiger partial charge in [-0.1, -0.05) is 18.2 Å². The second-order valence-electron chi connectivity index (χ2n) is 5.87. The van der Waals surface area contributed by atoms with Crippen molar-refractivity contribution in [1.82, 2.24) is 10.6 Å². The summed E-state index contributed by atoms with van der Waals surface area (Å²) in [6.07, 6.45) is 0.904. The third-order valence-corrected chi connectivity index (χ3v) is 4.08. The van der Waals surface area contributed by atoms with E-state index in [1.54, 1.807) is 21.3 Å². The Balaban J connectivity index is 0.00000392. The molecule has 2 N–H and O–H groups in total. The topological polar surface area (TPSA) is 64.1 Å². The predicted octanol–water partition coefficient (Wildman–Crippen LogP) is 3.63. The van der Waals surface area contributed by atoms with E-state index in [1.165, 1.54) is 5.56 Å². The van der Waals surface area contributed by atoms with Crippen LogP contribution in [0.4, 0.5) is 0 Å². The fourth-order valence-corrected chi connectivity index (χ4v) is 2.62. The summed E-state index contributed by atoms with van der Waals surface area (Å²) < 4.78 is 16.1. The number of nitrogens with one attached hydrogen (secondary N) is 2. The molecule has 0 heterocycles. The molecule has 0 spiro atoms. The molecule has 0 aromatic heterocycles. The minimum atomic E-state index is 0. The number of ether oxygens (including phenoxy) is 3. The van der Waals surface area contributed by atoms with Crippen LogP contribution in [0.25, 0.3) is 0 Å². The Bertz CT molecular complexity index is 736. The van der Waals surface area contributed by atoms with Gasteiger partial charge in [0.15, 0.2) is 17.5 Å². The molecule has 0 atom stereocenters. The van der Waals surface area contributed by atoms with Crippen LogP contribution in [0.2, 0.25) is 0 Å². The van der Waals surface area contributed by atoms with Crippen LogP contribution >= 0.6 is 24.0 Å². The van der Waals surface area contributed by atoms with Gasteiger partial charge in [0.25, 0.3) is 0 Å². The second-order valence-corrected chi connectivity index (χ2v) is 5.87. The Morgan fingerprint density at radius 2 is 1.64 bits per heavy atom. The monoisotopic (exact) mass is 499 g/mol. The maximum Gasteiger partial charge on any atom is 0.191 e. The number of nitrogens with zero attached hydrogens (tertiary/aromatic N) is 1. The predicted molar refractivity (Wildman–Crippen MR) is 124 cm³/mol. The molecule has 0 fully saturated rings. The van der Waals surface area contributed by atoms with Crippen molar-refractivity contribution in [2.45, 2.75) is 19.9 Å². The van der Waals surface area contributed by atoms with Crippen molar-refractivity contribution >= 4 is 29.9 Å². The molecule has 0 saturated carbocycles. The molecule has 0 bridgehead atoms. The van der Waals surface area contributed by atoms with Crippen LogP contribution in [0.1, 0.15) is 18.1 Å². The summed E-state index contributed by atoms with van der Waals surface area (Å²) in [7, 11) is 5.09. The zero-order valence-corrected chi connectivity index (χ0v) is 19.3. The summed E-state index contributed by atoms with van der Waals surface area (Å²) in [5.74, 6) is 3.12. The van der Waals surface area contributed by atoms with Gasteiger partial charge in [-0.2, -0.15) is 0 Å². The van der Waals surface area contributed by atoms with Crippen LogP contribution in [-0.2, 0) is 13.0 Å². The van der Waals surface area contributed by atoms with E-state index in [0.29, 0.717) is 13.2 Å². The number of hydrogen-bond acceptors (Lipinski definition) is 4. The summed E-state index contributed by atoms with van der Waals surface area (Å²) in [5, 5.41) is 6.64. The van der Waals surface area contributed by atoms with Crippen LogP contribution in [0.3, 0.4) is 0 Å². The molecule has 2 aromatic carbocycles. The minimum Gasteiger partial charge on any atom is -0.497 e. The highest BCUT2D eigenvalue weighted by atomic mass is 127. The minimum absolute atomic E-state index is 0. The lowest BCUT2D eigenvalue weighted by molar-refractivity contribution is 0.310. The Labute approximate surface area is 184 Å². The van der Waals surface area contributed by atoms with Crippen LogP contribution in [0, 0.1) is 0 Å². The largest absolute Gasteiger partial charge is 0.497 e. The number of guanidine groups is 1. The van der Waals surface area contributed by atoms with E-state index in [4.69, 9.17) is 14.2 Å². The van der Waals surface area contributed by atoms with Gasteiger partial charge >= 0.3 is 0 Å². The first-order valence-corrected chi connectivity index (χ1v) is 9.07. The molecule has 0 saturated heterocycles. The molecule has 0 aliphatic heterocycles. The normalized spacial score (nSPS) is 10.6. The molecule has 154 valence electrons. The van der Waals surface area contributed by atoms with Gasteiger partial charge in [0.1, 0.15) is 5.75 Å². The maximum absolute atomic E-state index is 5.55. The van der Waals surface area contributed by atoms with Crippen LogP contribution in [-0.4, -0.2) is 40.4 Å². The molecular weight excluding hydrogens is 469 g/mol. The Morgan fingerprint density at radius 3 is 2.25 bits per heavy atom. The molecule has 0 aliphatic carbocycles. The summed E-state index contributed by atoms with van der Waals surface area (Å²) in [6, 6.07) is 14.0. The van der Waals surface area contributed by atoms with Gasteiger partial charge in [-0.05, 0) is 48.7 Å². The van der Waals surface area contributed by atoms with E-state index in [0.717, 1.165) is 41.7 Å². The highest BCUT2D eigenvalue weighted by molar-refractivity contribution is 14.0. The Hall–Kier alpha value is -2.16. The highest BCUT2D eigenvalue weighted by Crippen LogP contribution is 2.27. The van der Waals surface area contributed by atoms with Gasteiger partial charge in [0.05, 0.1) is 20.8 Å². The number of aliphatic imine (C=N–C) groups is 1. The van der Waals surface area contributed by atoms with Crippen molar-refractivity contribution in [2.75, 3.05) is 34.4 Å². The lowest BCUT2D eigenvalue weighted by Gasteiger charge is -2.14. The van der Waals surface area contributed by atoms with Gasteiger partial charge in [0.2, 0.25) is 0 Å². The summed E-state index contributed by atoms with van der Waals surface area (Å²) in [6.45, 7) is 4.00. The number of halogens is 1. The first kappa shape index (κ1) is 23.9. The van der Waals surface area contributed by atoms with E-state index < -0.39 is 0 Å². The maximum atomic E-state index is 5.55. The van der Waals surface area contributed by atoms with Crippen LogP contribution in [0.5, 0.6) is 17.2 Å². The van der Waals surface area contributed by atoms with Crippen LogP contribution < -0.4 is 24.8 Å². The lowest BCUT2D eigenvalue weighted by atomic mass is 10.1. The molecule has 2 rings (SSSR count). The standard InChI is InChI=1S/C21H29N3O3.HI/c1-5-27-19-11-8-17(14-20(19)26-4)15-24-21(22-2)23-13-12-16-6-9-18(25-3)10-7-16;/h6-11,14H,5,12-13,15H2,1-4H3,(H2,22,23,24);1H. The Kier molecular flexibility index (Phi) is 11.2. The van der Waals surface area contributed by atoms with E-state index in [-0.39, 0.29) is 24.0 Å². The van der Waals surface area contributed by atoms with Gasteiger partial charge < -0.3 is 24.8 Å². The van der Waals surface area contributed by atoms with Crippen molar-refractivity contribution < 1.29 is 14.2 Å². The first-order chi connectivity index (χ1) is 13.2. The molecule has 0 radical (unpaired) electrons. The molecule has 7 heteroatoms. The zero-order chi connectivity index (χ0) is 19.5. The summed E-state index contributed by atoms with van der Waals surface area (Å²) in [5.41, 5.74) is 2.34. The number of hydrogen-bond donors (Lipinski definition) is 2. The number of methoxy groups -OCH3 is 2. The Morgan fingerprint density at radius 1 is 0.929 bits per heavy atom. The smallest absolute Gasteiger partial charge is 0.191 e. The molecule has 28 heavy (non-hydrogen) atoms. The van der Waals surface area contributed by atoms with Crippen molar-refractivity contribution in [3.8, 4) is 17.2 Å². The van der Waals surface area contributed by atoms with E-state index in [1.807, 2.05) is 37.3 Å². The summed E-state index contributed by atoms with van der Waals surface area (Å²) >= 11 is 0. The van der Waals surface area contributed by atoms with Crippen LogP contribution in [0.15, 0.2) is 47.5 Å². The van der Waals surface area contributed by atoms with Gasteiger partial charge in [-0.15, -0.1) is 24.0 Å². The molecular formula is C21H30IN3O3. The molecule has 0 amide bonds. The van der Waals surface area contributed by atoms with Crippen molar-refractivity contribution in [2.24, 2.45) is 4.99 Å². The fraction of sp³-hybridized carbons (Fsp3) is 0.381. The quantitative estimate of drug-likeness (QED) is 0.314. The molecule has 2 aromatic rings. The van der Waals surface area contributed by atoms with Gasteiger partial charge in [-0.25, -0.2) is 0 Å². The lowest BCUT2D eigenvalue weighted by Crippen LogP contribution is -2.37. The van der Waals surface area contributed by atoms with E-state index >= 15 is 0 Å². The average Bonchev–Trinajstić information content (AvgIpc) is 2.72. The molecule has 0 aliphatic rings. The van der Waals surface area contributed by atoms with E-state index in [9.17, 15) is 0 Å².